The maximum atomic E-state index is 12.4. The maximum Gasteiger partial charge on any atom is 0.339 e. The molecule has 0 radical (unpaired) electrons. The van der Waals surface area contributed by atoms with Gasteiger partial charge in [0.15, 0.2) is 0 Å². The van der Waals surface area contributed by atoms with E-state index >= 15 is 0 Å². The standard InChI is InChI=1S/C8H5BrClF2NO2/c9-1-4-5(8(14)15)6(10)3(2-13-4)7(11)12/h2,7H,1H2,(H,14,15). The highest BCUT2D eigenvalue weighted by molar-refractivity contribution is 9.08. The first kappa shape index (κ1) is 12.3. The number of rotatable bonds is 3. The third kappa shape index (κ3) is 2.43. The van der Waals surface area contributed by atoms with Gasteiger partial charge in [-0.1, -0.05) is 27.5 Å². The third-order valence-electron chi connectivity index (χ3n) is 1.70. The minimum Gasteiger partial charge on any atom is -0.478 e. The van der Waals surface area contributed by atoms with Gasteiger partial charge in [0, 0.05) is 11.5 Å². The molecule has 0 aromatic carbocycles. The van der Waals surface area contributed by atoms with Crippen molar-refractivity contribution in [3.63, 3.8) is 0 Å². The number of nitrogens with zero attached hydrogens (tertiary/aromatic N) is 1. The Hall–Kier alpha value is -0.750. The SMILES string of the molecule is O=C(O)c1c(CBr)ncc(C(F)F)c1Cl. The van der Waals surface area contributed by atoms with Crippen LogP contribution in [-0.4, -0.2) is 16.1 Å². The molecular weight excluding hydrogens is 295 g/mol. The first-order valence-electron chi connectivity index (χ1n) is 3.73. The van der Waals surface area contributed by atoms with E-state index in [1.54, 1.807) is 0 Å². The molecule has 7 heteroatoms. The topological polar surface area (TPSA) is 50.2 Å². The number of hydrogen-bond acceptors (Lipinski definition) is 2. The van der Waals surface area contributed by atoms with Crippen LogP contribution in [0.15, 0.2) is 6.20 Å². The monoisotopic (exact) mass is 299 g/mol. The molecule has 1 aromatic heterocycles. The van der Waals surface area contributed by atoms with Gasteiger partial charge in [0.25, 0.3) is 6.43 Å². The zero-order valence-electron chi connectivity index (χ0n) is 7.18. The van der Waals surface area contributed by atoms with E-state index in [4.69, 9.17) is 16.7 Å². The fourth-order valence-electron chi connectivity index (χ4n) is 1.01. The average Bonchev–Trinajstić information content (AvgIpc) is 2.15. The first-order valence-corrected chi connectivity index (χ1v) is 5.23. The second-order valence-electron chi connectivity index (χ2n) is 2.59. The molecule has 0 fully saturated rings. The van der Waals surface area contributed by atoms with Gasteiger partial charge in [-0.2, -0.15) is 0 Å². The molecule has 0 atom stereocenters. The quantitative estimate of drug-likeness (QED) is 0.872. The summed E-state index contributed by atoms with van der Waals surface area (Å²) in [5, 5.41) is 8.47. The molecule has 0 saturated carbocycles. The van der Waals surface area contributed by atoms with E-state index < -0.39 is 23.0 Å². The van der Waals surface area contributed by atoms with Crippen molar-refractivity contribution < 1.29 is 18.7 Å². The Balaban J connectivity index is 3.42. The van der Waals surface area contributed by atoms with Gasteiger partial charge in [-0.05, 0) is 0 Å². The number of carbonyl (C=O) groups is 1. The van der Waals surface area contributed by atoms with Crippen LogP contribution < -0.4 is 0 Å². The molecule has 3 nitrogen and oxygen atoms in total. The van der Waals surface area contributed by atoms with Crippen molar-refractivity contribution in [3.05, 3.63) is 28.0 Å². The number of aromatic nitrogens is 1. The lowest BCUT2D eigenvalue weighted by Crippen LogP contribution is -2.07. The summed E-state index contributed by atoms with van der Waals surface area (Å²) in [5.74, 6) is -1.37. The molecule has 0 amide bonds. The normalized spacial score (nSPS) is 10.7. The van der Waals surface area contributed by atoms with Gasteiger partial charge >= 0.3 is 5.97 Å². The summed E-state index contributed by atoms with van der Waals surface area (Å²) in [4.78, 5) is 14.4. The van der Waals surface area contributed by atoms with Gasteiger partial charge in [0.2, 0.25) is 0 Å². The van der Waals surface area contributed by atoms with Crippen molar-refractivity contribution in [3.8, 4) is 0 Å². The largest absolute Gasteiger partial charge is 0.478 e. The highest BCUT2D eigenvalue weighted by Gasteiger charge is 2.22. The van der Waals surface area contributed by atoms with Gasteiger partial charge in [-0.25, -0.2) is 13.6 Å². The Morgan fingerprint density at radius 2 is 2.27 bits per heavy atom. The number of pyridine rings is 1. The summed E-state index contributed by atoms with van der Waals surface area (Å²) >= 11 is 8.56. The van der Waals surface area contributed by atoms with Gasteiger partial charge in [-0.3, -0.25) is 4.98 Å². The van der Waals surface area contributed by atoms with Gasteiger partial charge in [-0.15, -0.1) is 0 Å². The summed E-state index contributed by atoms with van der Waals surface area (Å²) in [6, 6.07) is 0. The molecule has 0 spiro atoms. The average molecular weight is 300 g/mol. The fourth-order valence-corrected chi connectivity index (χ4v) is 1.76. The van der Waals surface area contributed by atoms with Gasteiger partial charge in [0.05, 0.1) is 16.3 Å². The van der Waals surface area contributed by atoms with Crippen LogP contribution in [0.3, 0.4) is 0 Å². The van der Waals surface area contributed by atoms with Crippen molar-refractivity contribution in [2.24, 2.45) is 0 Å². The van der Waals surface area contributed by atoms with Crippen LogP contribution in [-0.2, 0) is 5.33 Å². The van der Waals surface area contributed by atoms with Crippen LogP contribution in [0.1, 0.15) is 28.0 Å². The second-order valence-corrected chi connectivity index (χ2v) is 3.53. The Morgan fingerprint density at radius 3 is 2.67 bits per heavy atom. The van der Waals surface area contributed by atoms with Crippen LogP contribution in [0.25, 0.3) is 0 Å². The zero-order valence-corrected chi connectivity index (χ0v) is 9.52. The van der Waals surface area contributed by atoms with E-state index in [9.17, 15) is 13.6 Å². The smallest absolute Gasteiger partial charge is 0.339 e. The lowest BCUT2D eigenvalue weighted by molar-refractivity contribution is 0.0695. The van der Waals surface area contributed by atoms with Gasteiger partial charge < -0.3 is 5.11 Å². The molecule has 0 aliphatic carbocycles. The molecule has 0 saturated heterocycles. The van der Waals surface area contributed by atoms with Crippen LogP contribution >= 0.6 is 27.5 Å². The molecular formula is C8H5BrClF2NO2. The molecule has 1 N–H and O–H groups in total. The van der Waals surface area contributed by atoms with Crippen LogP contribution in [0.5, 0.6) is 0 Å². The number of aromatic carboxylic acids is 1. The van der Waals surface area contributed by atoms with E-state index in [0.29, 0.717) is 0 Å². The molecule has 1 heterocycles. The van der Waals surface area contributed by atoms with Crippen molar-refractivity contribution in [1.29, 1.82) is 0 Å². The number of carboxylic acid groups (broad SMARTS) is 1. The highest BCUT2D eigenvalue weighted by atomic mass is 79.9. The van der Waals surface area contributed by atoms with Crippen LogP contribution in [0, 0.1) is 0 Å². The number of carboxylic acids is 1. The predicted molar refractivity (Wildman–Crippen MR) is 53.8 cm³/mol. The third-order valence-corrected chi connectivity index (χ3v) is 2.63. The summed E-state index contributed by atoms with van der Waals surface area (Å²) in [5.41, 5.74) is -0.831. The Labute approximate surface area is 97.2 Å². The molecule has 0 aliphatic heterocycles. The Kier molecular flexibility index (Phi) is 3.98. The molecule has 0 unspecified atom stereocenters. The van der Waals surface area contributed by atoms with Crippen molar-refractivity contribution >= 4 is 33.5 Å². The van der Waals surface area contributed by atoms with E-state index in [-0.39, 0.29) is 16.6 Å². The van der Waals surface area contributed by atoms with Crippen molar-refractivity contribution in [2.75, 3.05) is 0 Å². The summed E-state index contributed by atoms with van der Waals surface area (Å²) in [7, 11) is 0. The molecule has 1 rings (SSSR count). The van der Waals surface area contributed by atoms with E-state index in [2.05, 4.69) is 20.9 Å². The van der Waals surface area contributed by atoms with Gasteiger partial charge in [0.1, 0.15) is 5.56 Å². The van der Waals surface area contributed by atoms with Crippen LogP contribution in [0.4, 0.5) is 8.78 Å². The van der Waals surface area contributed by atoms with Crippen molar-refractivity contribution in [1.82, 2.24) is 4.98 Å². The molecule has 1 aromatic rings. The van der Waals surface area contributed by atoms with Crippen molar-refractivity contribution in [2.45, 2.75) is 11.8 Å². The predicted octanol–water partition coefficient (Wildman–Crippen LogP) is 3.27. The lowest BCUT2D eigenvalue weighted by Gasteiger charge is -2.08. The molecule has 15 heavy (non-hydrogen) atoms. The minimum absolute atomic E-state index is 0.122. The highest BCUT2D eigenvalue weighted by Crippen LogP contribution is 2.31. The minimum atomic E-state index is -2.84. The van der Waals surface area contributed by atoms with E-state index in [1.165, 1.54) is 0 Å². The first-order chi connectivity index (χ1) is 6.99. The molecule has 0 bridgehead atoms. The second kappa shape index (κ2) is 4.85. The lowest BCUT2D eigenvalue weighted by atomic mass is 10.1. The zero-order chi connectivity index (χ0) is 11.6. The Morgan fingerprint density at radius 1 is 1.67 bits per heavy atom. The van der Waals surface area contributed by atoms with Crippen LogP contribution in [0.2, 0.25) is 5.02 Å². The van der Waals surface area contributed by atoms with E-state index in [1.807, 2.05) is 0 Å². The summed E-state index contributed by atoms with van der Waals surface area (Å²) < 4.78 is 24.8. The maximum absolute atomic E-state index is 12.4. The number of alkyl halides is 3. The Bertz CT molecular complexity index is 400. The van der Waals surface area contributed by atoms with E-state index in [0.717, 1.165) is 6.20 Å². The number of halogens is 4. The fraction of sp³-hybridized carbons (Fsp3) is 0.250. The summed E-state index contributed by atoms with van der Waals surface area (Å²) in [6.45, 7) is 0. The summed E-state index contributed by atoms with van der Waals surface area (Å²) in [6.07, 6.45) is -1.96. The number of hydrogen-bond donors (Lipinski definition) is 1. The molecule has 82 valence electrons. The molecule has 0 aliphatic rings.